The third-order valence-electron chi connectivity index (χ3n) is 3.50. The van der Waals surface area contributed by atoms with Crippen LogP contribution in [0.15, 0.2) is 22.7 Å². The Morgan fingerprint density at radius 3 is 2.82 bits per heavy atom. The molecule has 0 saturated heterocycles. The average Bonchev–Trinajstić information content (AvgIpc) is 2.21. The lowest BCUT2D eigenvalue weighted by atomic mass is 9.75. The molecule has 2 rings (SSSR count). The van der Waals surface area contributed by atoms with Crippen LogP contribution in [-0.2, 0) is 0 Å². The fourth-order valence-corrected chi connectivity index (χ4v) is 2.98. The Kier molecular flexibility index (Phi) is 3.76. The molecule has 1 aliphatic carbocycles. The highest BCUT2D eigenvalue weighted by atomic mass is 79.9. The molecular formula is C14H19BrFN. The molecule has 1 saturated carbocycles. The lowest BCUT2D eigenvalue weighted by molar-refractivity contribution is 0.229. The van der Waals surface area contributed by atoms with Crippen molar-refractivity contribution in [2.75, 3.05) is 5.32 Å². The number of hydrogen-bond acceptors (Lipinski definition) is 1. The summed E-state index contributed by atoms with van der Waals surface area (Å²) >= 11 is 3.27. The molecule has 1 unspecified atom stereocenters. The van der Waals surface area contributed by atoms with Crippen molar-refractivity contribution in [2.24, 2.45) is 5.41 Å². The minimum atomic E-state index is -0.178. The summed E-state index contributed by atoms with van der Waals surface area (Å²) in [5.74, 6) is -0.178. The van der Waals surface area contributed by atoms with E-state index in [1.54, 1.807) is 6.07 Å². The summed E-state index contributed by atoms with van der Waals surface area (Å²) in [7, 11) is 0. The molecule has 94 valence electrons. The average molecular weight is 300 g/mol. The van der Waals surface area contributed by atoms with E-state index < -0.39 is 0 Å². The molecule has 0 heterocycles. The summed E-state index contributed by atoms with van der Waals surface area (Å²) in [5.41, 5.74) is 0.998. The van der Waals surface area contributed by atoms with Gasteiger partial charge in [-0.2, -0.15) is 0 Å². The Morgan fingerprint density at radius 1 is 1.41 bits per heavy atom. The summed E-state index contributed by atoms with van der Waals surface area (Å²) in [4.78, 5) is 0. The van der Waals surface area contributed by atoms with E-state index in [9.17, 15) is 4.39 Å². The molecule has 0 bridgehead atoms. The Balaban J connectivity index is 2.05. The van der Waals surface area contributed by atoms with Gasteiger partial charge in [0.25, 0.3) is 0 Å². The lowest BCUT2D eigenvalue weighted by Crippen LogP contribution is -2.32. The first-order valence-electron chi connectivity index (χ1n) is 6.18. The van der Waals surface area contributed by atoms with Crippen molar-refractivity contribution in [2.45, 2.75) is 45.6 Å². The minimum absolute atomic E-state index is 0.178. The molecule has 0 spiro atoms. The zero-order valence-corrected chi connectivity index (χ0v) is 12.0. The van der Waals surface area contributed by atoms with E-state index in [2.05, 4.69) is 35.1 Å². The first kappa shape index (κ1) is 12.9. The zero-order valence-electron chi connectivity index (χ0n) is 10.4. The van der Waals surface area contributed by atoms with Gasteiger partial charge in [-0.15, -0.1) is 0 Å². The highest BCUT2D eigenvalue weighted by Crippen LogP contribution is 2.36. The second-order valence-electron chi connectivity index (χ2n) is 5.73. The van der Waals surface area contributed by atoms with Gasteiger partial charge in [-0.05, 0) is 42.9 Å². The molecule has 0 radical (unpaired) electrons. The molecule has 17 heavy (non-hydrogen) atoms. The number of nitrogens with one attached hydrogen (secondary N) is 1. The molecule has 0 aliphatic heterocycles. The Labute approximate surface area is 111 Å². The Hall–Kier alpha value is -0.570. The molecule has 1 atom stereocenters. The van der Waals surface area contributed by atoms with Crippen LogP contribution in [0.3, 0.4) is 0 Å². The van der Waals surface area contributed by atoms with E-state index in [4.69, 9.17) is 0 Å². The lowest BCUT2D eigenvalue weighted by Gasteiger charge is -2.36. The van der Waals surface area contributed by atoms with Gasteiger partial charge in [-0.1, -0.05) is 36.2 Å². The maximum atomic E-state index is 13.7. The maximum Gasteiger partial charge on any atom is 0.147 e. The third-order valence-corrected chi connectivity index (χ3v) is 3.99. The van der Waals surface area contributed by atoms with Crippen LogP contribution in [0.5, 0.6) is 0 Å². The number of benzene rings is 1. The molecule has 1 N–H and O–H groups in total. The standard InChI is InChI=1S/C14H19BrFN/c1-14(2)7-3-4-11(9-14)17-13-6-5-10(15)8-12(13)16/h5-6,8,11,17H,3-4,7,9H2,1-2H3. The van der Waals surface area contributed by atoms with Crippen molar-refractivity contribution in [3.05, 3.63) is 28.5 Å². The van der Waals surface area contributed by atoms with Gasteiger partial charge in [0.1, 0.15) is 5.82 Å². The van der Waals surface area contributed by atoms with Crippen molar-refractivity contribution >= 4 is 21.6 Å². The molecule has 1 aliphatic rings. The van der Waals surface area contributed by atoms with E-state index in [1.165, 1.54) is 18.9 Å². The van der Waals surface area contributed by atoms with E-state index in [0.29, 0.717) is 17.1 Å². The van der Waals surface area contributed by atoms with Gasteiger partial charge in [-0.25, -0.2) is 4.39 Å². The number of rotatable bonds is 2. The molecule has 1 nitrogen and oxygen atoms in total. The molecule has 1 fully saturated rings. The van der Waals surface area contributed by atoms with Crippen LogP contribution in [0.1, 0.15) is 39.5 Å². The highest BCUT2D eigenvalue weighted by Gasteiger charge is 2.28. The van der Waals surface area contributed by atoms with Crippen LogP contribution in [-0.4, -0.2) is 6.04 Å². The van der Waals surface area contributed by atoms with E-state index in [-0.39, 0.29) is 5.82 Å². The molecule has 3 heteroatoms. The summed E-state index contributed by atoms with van der Waals surface area (Å²) in [6, 6.07) is 5.59. The van der Waals surface area contributed by atoms with Crippen LogP contribution < -0.4 is 5.32 Å². The quantitative estimate of drug-likeness (QED) is 0.813. The third kappa shape index (κ3) is 3.44. The summed E-state index contributed by atoms with van der Waals surface area (Å²) in [6.07, 6.45) is 4.75. The van der Waals surface area contributed by atoms with Crippen LogP contribution in [0, 0.1) is 11.2 Å². The topological polar surface area (TPSA) is 12.0 Å². The van der Waals surface area contributed by atoms with Crippen molar-refractivity contribution < 1.29 is 4.39 Å². The smallest absolute Gasteiger partial charge is 0.147 e. The van der Waals surface area contributed by atoms with Crippen LogP contribution in [0.25, 0.3) is 0 Å². The van der Waals surface area contributed by atoms with Gasteiger partial charge in [0.2, 0.25) is 0 Å². The first-order chi connectivity index (χ1) is 7.96. The van der Waals surface area contributed by atoms with Crippen molar-refractivity contribution in [3.63, 3.8) is 0 Å². The fourth-order valence-electron chi connectivity index (χ4n) is 2.65. The van der Waals surface area contributed by atoms with Gasteiger partial charge >= 0.3 is 0 Å². The second-order valence-corrected chi connectivity index (χ2v) is 6.64. The Bertz CT molecular complexity index is 403. The van der Waals surface area contributed by atoms with Gasteiger partial charge in [-0.3, -0.25) is 0 Å². The molecule has 1 aromatic rings. The number of halogens is 2. The van der Waals surface area contributed by atoms with Crippen molar-refractivity contribution in [3.8, 4) is 0 Å². The first-order valence-corrected chi connectivity index (χ1v) is 6.97. The molecular weight excluding hydrogens is 281 g/mol. The number of anilines is 1. The highest BCUT2D eigenvalue weighted by molar-refractivity contribution is 9.10. The van der Waals surface area contributed by atoms with Crippen LogP contribution in [0.2, 0.25) is 0 Å². The van der Waals surface area contributed by atoms with Gasteiger partial charge in [0.05, 0.1) is 5.69 Å². The molecule has 0 aromatic heterocycles. The maximum absolute atomic E-state index is 13.7. The Morgan fingerprint density at radius 2 is 2.18 bits per heavy atom. The van der Waals surface area contributed by atoms with Crippen molar-refractivity contribution in [1.82, 2.24) is 0 Å². The van der Waals surface area contributed by atoms with Crippen LogP contribution in [0.4, 0.5) is 10.1 Å². The fraction of sp³-hybridized carbons (Fsp3) is 0.571. The molecule has 0 amide bonds. The predicted octanol–water partition coefficient (Wildman–Crippen LogP) is 4.97. The van der Waals surface area contributed by atoms with Crippen LogP contribution >= 0.6 is 15.9 Å². The zero-order chi connectivity index (χ0) is 12.5. The summed E-state index contributed by atoms with van der Waals surface area (Å²) in [6.45, 7) is 4.58. The summed E-state index contributed by atoms with van der Waals surface area (Å²) in [5, 5.41) is 3.34. The predicted molar refractivity (Wildman–Crippen MR) is 73.8 cm³/mol. The van der Waals surface area contributed by atoms with E-state index in [0.717, 1.165) is 17.3 Å². The van der Waals surface area contributed by atoms with E-state index >= 15 is 0 Å². The van der Waals surface area contributed by atoms with Gasteiger partial charge < -0.3 is 5.32 Å². The number of hydrogen-bond donors (Lipinski definition) is 1. The summed E-state index contributed by atoms with van der Waals surface area (Å²) < 4.78 is 14.5. The van der Waals surface area contributed by atoms with E-state index in [1.807, 2.05) is 6.07 Å². The normalized spacial score (nSPS) is 23.4. The second kappa shape index (κ2) is 4.97. The SMILES string of the molecule is CC1(C)CCCC(Nc2ccc(Br)cc2F)C1. The largest absolute Gasteiger partial charge is 0.380 e. The van der Waals surface area contributed by atoms with Gasteiger partial charge in [0, 0.05) is 10.5 Å². The minimum Gasteiger partial charge on any atom is -0.380 e. The molecule has 1 aromatic carbocycles. The monoisotopic (exact) mass is 299 g/mol. The van der Waals surface area contributed by atoms with Crippen molar-refractivity contribution in [1.29, 1.82) is 0 Å². The van der Waals surface area contributed by atoms with Gasteiger partial charge in [0.15, 0.2) is 0 Å².